The Morgan fingerprint density at radius 1 is 1.35 bits per heavy atom. The number of methoxy groups -OCH3 is 1. The van der Waals surface area contributed by atoms with Crippen molar-refractivity contribution in [2.24, 2.45) is 0 Å². The van der Waals surface area contributed by atoms with Crippen molar-refractivity contribution in [3.8, 4) is 0 Å². The Balaban J connectivity index is 0.00000121. The Hall–Kier alpha value is -1.68. The summed E-state index contributed by atoms with van der Waals surface area (Å²) in [5.41, 5.74) is 1.93. The fourth-order valence-electron chi connectivity index (χ4n) is 1.08. The molecule has 0 aromatic carbocycles. The van der Waals surface area contributed by atoms with Crippen molar-refractivity contribution in [1.82, 2.24) is 10.3 Å². The first kappa shape index (κ1) is 15.3. The highest BCUT2D eigenvalue weighted by Crippen LogP contribution is 2.08. The summed E-state index contributed by atoms with van der Waals surface area (Å²) in [6.07, 6.45) is 3.42. The molecule has 0 aliphatic carbocycles. The summed E-state index contributed by atoms with van der Waals surface area (Å²) in [4.78, 5) is 14.7. The van der Waals surface area contributed by atoms with Crippen molar-refractivity contribution in [2.45, 2.75) is 13.8 Å². The zero-order valence-corrected chi connectivity index (χ0v) is 10.7. The Bertz CT molecular complexity index is 337. The van der Waals surface area contributed by atoms with Crippen LogP contribution in [-0.2, 0) is 9.53 Å². The van der Waals surface area contributed by atoms with Crippen molar-refractivity contribution in [2.75, 3.05) is 20.2 Å². The van der Waals surface area contributed by atoms with E-state index in [2.05, 4.69) is 21.6 Å². The molecule has 0 fully saturated rings. The van der Waals surface area contributed by atoms with Crippen LogP contribution in [0.4, 0.5) is 0 Å². The fraction of sp³-hybridized carbons (Fsp3) is 0.385. The monoisotopic (exact) mass is 236 g/mol. The van der Waals surface area contributed by atoms with Crippen LogP contribution >= 0.6 is 0 Å². The van der Waals surface area contributed by atoms with E-state index in [1.54, 1.807) is 12.4 Å². The van der Waals surface area contributed by atoms with Crippen LogP contribution in [0.2, 0.25) is 0 Å². The third kappa shape index (κ3) is 6.48. The summed E-state index contributed by atoms with van der Waals surface area (Å²) in [7, 11) is 1.36. The van der Waals surface area contributed by atoms with Crippen LogP contribution in [0.15, 0.2) is 31.1 Å². The van der Waals surface area contributed by atoms with Gasteiger partial charge >= 0.3 is 5.97 Å². The van der Waals surface area contributed by atoms with E-state index in [0.29, 0.717) is 6.54 Å². The van der Waals surface area contributed by atoms with Crippen molar-refractivity contribution >= 4 is 11.5 Å². The molecule has 0 aliphatic heterocycles. The van der Waals surface area contributed by atoms with Crippen LogP contribution in [0.25, 0.3) is 5.57 Å². The first-order chi connectivity index (χ1) is 8.24. The number of nitrogens with one attached hydrogen (secondary N) is 1. The van der Waals surface area contributed by atoms with E-state index < -0.39 is 0 Å². The summed E-state index contributed by atoms with van der Waals surface area (Å²) in [5.74, 6) is -0.280. The smallest absolute Gasteiger partial charge is 0.319 e. The normalized spacial score (nSPS) is 8.88. The molecular weight excluding hydrogens is 216 g/mol. The fourth-order valence-corrected chi connectivity index (χ4v) is 1.08. The van der Waals surface area contributed by atoms with Gasteiger partial charge in [0.1, 0.15) is 0 Å². The van der Waals surface area contributed by atoms with Gasteiger partial charge in [-0.1, -0.05) is 20.4 Å². The molecule has 0 amide bonds. The maximum atomic E-state index is 10.8. The molecular formula is C13H20N2O2. The topological polar surface area (TPSA) is 51.2 Å². The molecule has 0 saturated heterocycles. The molecule has 0 atom stereocenters. The number of pyridine rings is 1. The standard InChI is InChI=1S/C11H14N2O2.C2H6/c1-9(7-13-8-11(14)15-2)10-3-5-12-6-4-10;1-2/h3-6,13H,1,7-8H2,2H3;1-2H3. The van der Waals surface area contributed by atoms with Gasteiger partial charge < -0.3 is 10.1 Å². The molecule has 1 rings (SSSR count). The molecule has 1 aromatic heterocycles. The molecule has 1 N–H and O–H groups in total. The van der Waals surface area contributed by atoms with E-state index in [4.69, 9.17) is 0 Å². The maximum absolute atomic E-state index is 10.8. The van der Waals surface area contributed by atoms with Gasteiger partial charge in [-0.2, -0.15) is 0 Å². The van der Waals surface area contributed by atoms with Crippen molar-refractivity contribution < 1.29 is 9.53 Å². The van der Waals surface area contributed by atoms with Crippen LogP contribution in [0.5, 0.6) is 0 Å². The second kappa shape index (κ2) is 9.54. The van der Waals surface area contributed by atoms with Gasteiger partial charge in [0.2, 0.25) is 0 Å². The molecule has 0 saturated carbocycles. The first-order valence-corrected chi connectivity index (χ1v) is 5.59. The highest BCUT2D eigenvalue weighted by Gasteiger charge is 2.01. The molecule has 17 heavy (non-hydrogen) atoms. The zero-order chi connectivity index (χ0) is 13.1. The number of aromatic nitrogens is 1. The van der Waals surface area contributed by atoms with E-state index in [0.717, 1.165) is 11.1 Å². The molecule has 1 heterocycles. The SMILES string of the molecule is C=C(CNCC(=O)OC)c1ccncc1.CC. The number of carbonyl (C=O) groups excluding carboxylic acids is 1. The lowest BCUT2D eigenvalue weighted by atomic mass is 10.1. The predicted octanol–water partition coefficient (Wildman–Crippen LogP) is 1.88. The van der Waals surface area contributed by atoms with Gasteiger partial charge in [0.05, 0.1) is 13.7 Å². The minimum absolute atomic E-state index is 0.195. The summed E-state index contributed by atoms with van der Waals surface area (Å²) >= 11 is 0. The Morgan fingerprint density at radius 2 is 1.94 bits per heavy atom. The lowest BCUT2D eigenvalue weighted by Crippen LogP contribution is -2.25. The van der Waals surface area contributed by atoms with Gasteiger partial charge in [-0.3, -0.25) is 9.78 Å². The van der Waals surface area contributed by atoms with Crippen LogP contribution < -0.4 is 5.32 Å². The van der Waals surface area contributed by atoms with E-state index >= 15 is 0 Å². The Labute approximate surface area is 103 Å². The maximum Gasteiger partial charge on any atom is 0.319 e. The van der Waals surface area contributed by atoms with Crippen LogP contribution in [0.3, 0.4) is 0 Å². The molecule has 0 spiro atoms. The second-order valence-electron chi connectivity index (χ2n) is 3.02. The third-order valence-corrected chi connectivity index (χ3v) is 1.92. The molecule has 94 valence electrons. The van der Waals surface area contributed by atoms with Gasteiger partial charge in [-0.05, 0) is 23.3 Å². The number of carbonyl (C=O) groups is 1. The Kier molecular flexibility index (Phi) is 8.60. The van der Waals surface area contributed by atoms with E-state index in [9.17, 15) is 4.79 Å². The van der Waals surface area contributed by atoms with Crippen molar-refractivity contribution in [3.63, 3.8) is 0 Å². The summed E-state index contributed by atoms with van der Waals surface area (Å²) < 4.78 is 4.50. The van der Waals surface area contributed by atoms with Gasteiger partial charge in [0.25, 0.3) is 0 Å². The Morgan fingerprint density at radius 3 is 2.47 bits per heavy atom. The molecule has 4 heteroatoms. The van der Waals surface area contributed by atoms with Crippen LogP contribution in [0, 0.1) is 0 Å². The summed E-state index contributed by atoms with van der Waals surface area (Å²) in [5, 5.41) is 2.94. The van der Waals surface area contributed by atoms with E-state index in [-0.39, 0.29) is 12.5 Å². The second-order valence-corrected chi connectivity index (χ2v) is 3.02. The van der Waals surface area contributed by atoms with Crippen LogP contribution in [0.1, 0.15) is 19.4 Å². The number of hydrogen-bond donors (Lipinski definition) is 1. The van der Waals surface area contributed by atoms with Crippen molar-refractivity contribution in [3.05, 3.63) is 36.7 Å². The number of rotatable bonds is 5. The quantitative estimate of drug-likeness (QED) is 0.793. The highest BCUT2D eigenvalue weighted by atomic mass is 16.5. The highest BCUT2D eigenvalue weighted by molar-refractivity contribution is 5.72. The number of nitrogens with zero attached hydrogens (tertiary/aromatic N) is 1. The molecule has 0 unspecified atom stereocenters. The third-order valence-electron chi connectivity index (χ3n) is 1.92. The van der Waals surface area contributed by atoms with Gasteiger partial charge in [-0.15, -0.1) is 0 Å². The lowest BCUT2D eigenvalue weighted by Gasteiger charge is -2.06. The number of hydrogen-bond acceptors (Lipinski definition) is 4. The molecule has 0 aliphatic rings. The molecule has 0 radical (unpaired) electrons. The molecule has 1 aromatic rings. The van der Waals surface area contributed by atoms with Gasteiger partial charge in [-0.25, -0.2) is 0 Å². The average molecular weight is 236 g/mol. The van der Waals surface area contributed by atoms with Gasteiger partial charge in [0.15, 0.2) is 0 Å². The summed E-state index contributed by atoms with van der Waals surface area (Å²) in [6.45, 7) is 8.65. The minimum atomic E-state index is -0.280. The first-order valence-electron chi connectivity index (χ1n) is 5.59. The average Bonchev–Trinajstić information content (AvgIpc) is 2.41. The number of ether oxygens (including phenoxy) is 1. The van der Waals surface area contributed by atoms with E-state index in [1.165, 1.54) is 7.11 Å². The zero-order valence-electron chi connectivity index (χ0n) is 10.7. The van der Waals surface area contributed by atoms with Gasteiger partial charge in [0, 0.05) is 18.9 Å². The van der Waals surface area contributed by atoms with E-state index in [1.807, 2.05) is 26.0 Å². The van der Waals surface area contributed by atoms with Crippen LogP contribution in [-0.4, -0.2) is 31.2 Å². The summed E-state index contributed by atoms with van der Waals surface area (Å²) in [6, 6.07) is 3.75. The van der Waals surface area contributed by atoms with Crippen molar-refractivity contribution in [1.29, 1.82) is 0 Å². The molecule has 0 bridgehead atoms. The minimum Gasteiger partial charge on any atom is -0.468 e. The largest absolute Gasteiger partial charge is 0.468 e. The molecule has 4 nitrogen and oxygen atoms in total. The predicted molar refractivity (Wildman–Crippen MR) is 69.5 cm³/mol. The number of esters is 1. The lowest BCUT2D eigenvalue weighted by molar-refractivity contribution is -0.139.